The summed E-state index contributed by atoms with van der Waals surface area (Å²) in [4.78, 5) is 25.0. The van der Waals surface area contributed by atoms with Gasteiger partial charge in [-0.2, -0.15) is 0 Å². The first-order chi connectivity index (χ1) is 12.9. The summed E-state index contributed by atoms with van der Waals surface area (Å²) < 4.78 is 33.7. The molecule has 3 rings (SSSR count). The van der Waals surface area contributed by atoms with E-state index in [0.29, 0.717) is 24.2 Å². The summed E-state index contributed by atoms with van der Waals surface area (Å²) in [7, 11) is 1.42. The Morgan fingerprint density at radius 1 is 1.07 bits per heavy atom. The van der Waals surface area contributed by atoms with E-state index in [2.05, 4.69) is 0 Å². The zero-order chi connectivity index (χ0) is 19.6. The minimum atomic E-state index is -0.876. The average Bonchev–Trinajstić information content (AvgIpc) is 2.67. The maximum atomic E-state index is 14.5. The van der Waals surface area contributed by atoms with Gasteiger partial charge >= 0.3 is 5.97 Å². The zero-order valence-electron chi connectivity index (χ0n) is 14.7. The minimum absolute atomic E-state index is 0.110. The Hall–Kier alpha value is -2.96. The Kier molecular flexibility index (Phi) is 5.39. The van der Waals surface area contributed by atoms with Crippen LogP contribution in [0.1, 0.15) is 23.2 Å². The number of amides is 1. The van der Waals surface area contributed by atoms with E-state index in [1.807, 2.05) is 0 Å². The molecule has 1 aliphatic rings. The number of likely N-dealkylation sites (tertiary alicyclic amines) is 1. The summed E-state index contributed by atoms with van der Waals surface area (Å²) in [6, 6.07) is 8.22. The van der Waals surface area contributed by atoms with Gasteiger partial charge in [-0.25, -0.2) is 8.78 Å². The van der Waals surface area contributed by atoms with Crippen LogP contribution in [-0.2, 0) is 4.79 Å². The Morgan fingerprint density at radius 2 is 1.78 bits per heavy atom. The monoisotopic (exact) mass is 375 g/mol. The topological polar surface area (TPSA) is 66.8 Å². The molecule has 7 heteroatoms. The van der Waals surface area contributed by atoms with Gasteiger partial charge in [-0.3, -0.25) is 9.59 Å². The van der Waals surface area contributed by atoms with Crippen LogP contribution in [0.25, 0.3) is 11.1 Å². The van der Waals surface area contributed by atoms with Gasteiger partial charge in [-0.15, -0.1) is 0 Å². The molecular weight excluding hydrogens is 356 g/mol. The summed E-state index contributed by atoms with van der Waals surface area (Å²) in [6.07, 6.45) is 0.690. The molecule has 2 aromatic rings. The molecule has 1 aliphatic heterocycles. The fraction of sp³-hybridized carbons (Fsp3) is 0.300. The van der Waals surface area contributed by atoms with Gasteiger partial charge < -0.3 is 14.7 Å². The molecule has 0 spiro atoms. The lowest BCUT2D eigenvalue weighted by molar-refractivity contribution is -0.143. The number of hydrogen-bond donors (Lipinski definition) is 1. The predicted molar refractivity (Wildman–Crippen MR) is 94.6 cm³/mol. The van der Waals surface area contributed by atoms with Crippen LogP contribution >= 0.6 is 0 Å². The average molecular weight is 375 g/mol. The molecule has 0 atom stereocenters. The van der Waals surface area contributed by atoms with E-state index < -0.39 is 29.4 Å². The number of carbonyl (C=O) groups excluding carboxylic acids is 1. The number of methoxy groups -OCH3 is 1. The highest BCUT2D eigenvalue weighted by molar-refractivity contribution is 5.95. The van der Waals surface area contributed by atoms with Crippen LogP contribution in [0.15, 0.2) is 36.4 Å². The van der Waals surface area contributed by atoms with Gasteiger partial charge in [0.1, 0.15) is 17.4 Å². The van der Waals surface area contributed by atoms with Crippen LogP contribution in [0.4, 0.5) is 8.78 Å². The molecule has 1 amide bonds. The molecule has 5 nitrogen and oxygen atoms in total. The fourth-order valence-electron chi connectivity index (χ4n) is 3.21. The summed E-state index contributed by atoms with van der Waals surface area (Å²) >= 11 is 0. The zero-order valence-corrected chi connectivity index (χ0v) is 14.7. The fourth-order valence-corrected chi connectivity index (χ4v) is 3.21. The first-order valence-electron chi connectivity index (χ1n) is 8.56. The highest BCUT2D eigenvalue weighted by Gasteiger charge is 2.28. The number of carboxylic acids is 1. The van der Waals surface area contributed by atoms with Crippen molar-refractivity contribution in [2.24, 2.45) is 5.92 Å². The first kappa shape index (κ1) is 18.8. The van der Waals surface area contributed by atoms with Gasteiger partial charge in [0.05, 0.1) is 18.6 Å². The lowest BCUT2D eigenvalue weighted by atomic mass is 9.96. The molecule has 0 aromatic heterocycles. The Morgan fingerprint density at radius 3 is 2.33 bits per heavy atom. The standard InChI is InChI=1S/C20H19F2NO4/c1-27-14-3-5-15(18(22)11-14)13-2-4-16(17(21)10-13)19(24)23-8-6-12(7-9-23)20(25)26/h2-5,10-12H,6-9H2,1H3,(H,25,26). The third-order valence-electron chi connectivity index (χ3n) is 4.82. The molecule has 1 N–H and O–H groups in total. The number of rotatable bonds is 4. The van der Waals surface area contributed by atoms with E-state index >= 15 is 0 Å². The van der Waals surface area contributed by atoms with Gasteiger partial charge in [-0.05, 0) is 42.7 Å². The van der Waals surface area contributed by atoms with Crippen molar-refractivity contribution in [3.8, 4) is 16.9 Å². The number of carbonyl (C=O) groups is 2. The summed E-state index contributed by atoms with van der Waals surface area (Å²) in [6.45, 7) is 0.536. The largest absolute Gasteiger partial charge is 0.497 e. The van der Waals surface area contributed by atoms with Crippen molar-refractivity contribution in [2.45, 2.75) is 12.8 Å². The highest BCUT2D eigenvalue weighted by Crippen LogP contribution is 2.28. The van der Waals surface area contributed by atoms with Gasteiger partial charge in [0.25, 0.3) is 5.91 Å². The maximum absolute atomic E-state index is 14.5. The Balaban J connectivity index is 1.79. The van der Waals surface area contributed by atoms with Crippen LogP contribution in [0.5, 0.6) is 5.75 Å². The Labute approximate surface area is 155 Å². The number of carboxylic acid groups (broad SMARTS) is 1. The van der Waals surface area contributed by atoms with Crippen LogP contribution in [0.2, 0.25) is 0 Å². The smallest absolute Gasteiger partial charge is 0.306 e. The van der Waals surface area contributed by atoms with E-state index in [1.54, 1.807) is 6.07 Å². The van der Waals surface area contributed by atoms with E-state index in [0.717, 1.165) is 6.07 Å². The van der Waals surface area contributed by atoms with Crippen molar-refractivity contribution >= 4 is 11.9 Å². The molecule has 1 heterocycles. The molecule has 0 unspecified atom stereocenters. The van der Waals surface area contributed by atoms with Crippen LogP contribution in [-0.4, -0.2) is 42.1 Å². The van der Waals surface area contributed by atoms with Gasteiger partial charge in [0.15, 0.2) is 0 Å². The molecule has 0 bridgehead atoms. The molecule has 2 aromatic carbocycles. The van der Waals surface area contributed by atoms with E-state index in [4.69, 9.17) is 9.84 Å². The number of benzene rings is 2. The summed E-state index contributed by atoms with van der Waals surface area (Å²) in [5.74, 6) is -2.78. The van der Waals surface area contributed by atoms with Crippen molar-refractivity contribution in [2.75, 3.05) is 20.2 Å². The van der Waals surface area contributed by atoms with Crippen LogP contribution < -0.4 is 4.74 Å². The third kappa shape index (κ3) is 3.92. The molecule has 142 valence electrons. The first-order valence-corrected chi connectivity index (χ1v) is 8.56. The number of ether oxygens (including phenoxy) is 1. The molecule has 1 fully saturated rings. The quantitative estimate of drug-likeness (QED) is 0.887. The van der Waals surface area contributed by atoms with Crippen molar-refractivity contribution in [3.63, 3.8) is 0 Å². The predicted octanol–water partition coefficient (Wildman–Crippen LogP) is 3.58. The molecular formula is C20H19F2NO4. The van der Waals surface area contributed by atoms with E-state index in [1.165, 1.54) is 36.3 Å². The molecule has 0 radical (unpaired) electrons. The summed E-state index contributed by atoms with van der Waals surface area (Å²) in [5, 5.41) is 9.02. The normalized spacial score (nSPS) is 14.9. The highest BCUT2D eigenvalue weighted by atomic mass is 19.1. The Bertz CT molecular complexity index is 876. The maximum Gasteiger partial charge on any atom is 0.306 e. The van der Waals surface area contributed by atoms with Gasteiger partial charge in [-0.1, -0.05) is 6.07 Å². The third-order valence-corrected chi connectivity index (χ3v) is 4.82. The summed E-state index contributed by atoms with van der Waals surface area (Å²) in [5.41, 5.74) is 0.409. The second-order valence-electron chi connectivity index (χ2n) is 6.45. The lowest BCUT2D eigenvalue weighted by Gasteiger charge is -2.30. The number of aliphatic carboxylic acids is 1. The molecule has 0 aliphatic carbocycles. The van der Waals surface area contributed by atoms with Gasteiger partial charge in [0, 0.05) is 24.7 Å². The SMILES string of the molecule is COc1ccc(-c2ccc(C(=O)N3CCC(C(=O)O)CC3)c(F)c2)c(F)c1. The van der Waals surface area contributed by atoms with E-state index in [-0.39, 0.29) is 24.2 Å². The minimum Gasteiger partial charge on any atom is -0.497 e. The molecule has 0 saturated carbocycles. The lowest BCUT2D eigenvalue weighted by Crippen LogP contribution is -2.40. The number of nitrogens with zero attached hydrogens (tertiary/aromatic N) is 1. The van der Waals surface area contributed by atoms with Gasteiger partial charge in [0.2, 0.25) is 0 Å². The molecule has 27 heavy (non-hydrogen) atoms. The van der Waals surface area contributed by atoms with E-state index in [9.17, 15) is 18.4 Å². The second kappa shape index (κ2) is 7.73. The number of hydrogen-bond acceptors (Lipinski definition) is 3. The molecule has 1 saturated heterocycles. The number of piperidine rings is 1. The van der Waals surface area contributed by atoms with Crippen molar-refractivity contribution in [1.29, 1.82) is 0 Å². The van der Waals surface area contributed by atoms with Crippen molar-refractivity contribution in [1.82, 2.24) is 4.90 Å². The van der Waals surface area contributed by atoms with Crippen molar-refractivity contribution in [3.05, 3.63) is 53.6 Å². The van der Waals surface area contributed by atoms with Crippen LogP contribution in [0, 0.1) is 17.6 Å². The van der Waals surface area contributed by atoms with Crippen LogP contribution in [0.3, 0.4) is 0 Å². The second-order valence-corrected chi connectivity index (χ2v) is 6.45. The number of halogens is 2. The van der Waals surface area contributed by atoms with Crippen molar-refractivity contribution < 1.29 is 28.2 Å².